The van der Waals surface area contributed by atoms with E-state index < -0.39 is 97.5 Å². The zero-order chi connectivity index (χ0) is 71.6. The van der Waals surface area contributed by atoms with Crippen molar-refractivity contribution in [3.8, 4) is 0 Å². The minimum atomic E-state index is -4.96. The molecule has 0 aliphatic heterocycles. The predicted molar refractivity (Wildman–Crippen MR) is 395 cm³/mol. The zero-order valence-electron chi connectivity index (χ0n) is 63.5. The van der Waals surface area contributed by atoms with E-state index in [0.717, 1.165) is 108 Å². The second kappa shape index (κ2) is 68.5. The van der Waals surface area contributed by atoms with Gasteiger partial charge in [-0.2, -0.15) is 0 Å². The second-order valence-corrected chi connectivity index (χ2v) is 32.4. The van der Waals surface area contributed by atoms with Gasteiger partial charge in [0.15, 0.2) is 12.2 Å². The molecule has 0 aromatic heterocycles. The van der Waals surface area contributed by atoms with Crippen molar-refractivity contribution in [2.75, 3.05) is 39.6 Å². The molecule has 0 aliphatic carbocycles. The first-order valence-corrected chi connectivity index (χ1v) is 43.3. The summed E-state index contributed by atoms with van der Waals surface area (Å²) in [7, 11) is -9.91. The third-order valence-electron chi connectivity index (χ3n) is 18.1. The first kappa shape index (κ1) is 95.1. The van der Waals surface area contributed by atoms with E-state index in [0.29, 0.717) is 25.7 Å². The molecule has 0 aromatic carbocycles. The highest BCUT2D eigenvalue weighted by molar-refractivity contribution is 7.47. The van der Waals surface area contributed by atoms with Crippen LogP contribution in [0.4, 0.5) is 0 Å². The number of ether oxygens (including phenoxy) is 4. The number of hydrogen-bond donors (Lipinski definition) is 3. The maximum absolute atomic E-state index is 13.1. The van der Waals surface area contributed by atoms with Crippen molar-refractivity contribution in [2.24, 2.45) is 17.8 Å². The van der Waals surface area contributed by atoms with Crippen molar-refractivity contribution in [2.45, 2.75) is 420 Å². The molecule has 0 radical (unpaired) electrons. The third kappa shape index (κ3) is 72.2. The number of phosphoric ester groups is 2. The molecule has 19 heteroatoms. The fraction of sp³-hybridized carbons (Fsp3) is 0.949. The number of carbonyl (C=O) groups is 4. The maximum atomic E-state index is 13.1. The largest absolute Gasteiger partial charge is 0.472 e. The Hall–Kier alpha value is -1.94. The highest BCUT2D eigenvalue weighted by Crippen LogP contribution is 2.45. The van der Waals surface area contributed by atoms with E-state index in [2.05, 4.69) is 48.5 Å². The van der Waals surface area contributed by atoms with Crippen LogP contribution in [0, 0.1) is 17.8 Å². The van der Waals surface area contributed by atoms with E-state index in [1.54, 1.807) is 0 Å². The molecular formula is C78H152O17P2. The Morgan fingerprint density at radius 1 is 0.278 bits per heavy atom. The van der Waals surface area contributed by atoms with Crippen molar-refractivity contribution >= 4 is 39.5 Å². The van der Waals surface area contributed by atoms with Gasteiger partial charge in [-0.15, -0.1) is 0 Å². The lowest BCUT2D eigenvalue weighted by Gasteiger charge is -2.21. The Kier molecular flexibility index (Phi) is 67.1. The van der Waals surface area contributed by atoms with E-state index in [4.69, 9.17) is 37.0 Å². The Morgan fingerprint density at radius 2 is 0.474 bits per heavy atom. The molecule has 576 valence electrons. The molecule has 0 amide bonds. The Balaban J connectivity index is 5.19. The van der Waals surface area contributed by atoms with Gasteiger partial charge in [-0.3, -0.25) is 37.3 Å². The fourth-order valence-electron chi connectivity index (χ4n) is 12.0. The second-order valence-electron chi connectivity index (χ2n) is 29.5. The van der Waals surface area contributed by atoms with Crippen molar-refractivity contribution in [3.63, 3.8) is 0 Å². The molecule has 0 saturated heterocycles. The number of carbonyl (C=O) groups excluding carboxylic acids is 4. The van der Waals surface area contributed by atoms with Crippen molar-refractivity contribution in [3.05, 3.63) is 0 Å². The van der Waals surface area contributed by atoms with Gasteiger partial charge in [0.1, 0.15) is 19.3 Å². The van der Waals surface area contributed by atoms with E-state index in [9.17, 15) is 43.2 Å². The number of phosphoric acid groups is 2. The molecule has 0 aliphatic rings. The van der Waals surface area contributed by atoms with Crippen molar-refractivity contribution in [1.29, 1.82) is 0 Å². The quantitative estimate of drug-likeness (QED) is 0.0222. The number of esters is 4. The first-order valence-electron chi connectivity index (χ1n) is 40.3. The van der Waals surface area contributed by atoms with E-state index in [1.807, 2.05) is 0 Å². The van der Waals surface area contributed by atoms with Crippen LogP contribution in [0.5, 0.6) is 0 Å². The summed E-state index contributed by atoms with van der Waals surface area (Å²) in [5, 5.41) is 10.6. The lowest BCUT2D eigenvalue weighted by molar-refractivity contribution is -0.161. The fourth-order valence-corrected chi connectivity index (χ4v) is 13.5. The van der Waals surface area contributed by atoms with Crippen LogP contribution < -0.4 is 0 Å². The molecule has 0 fully saturated rings. The molecular weight excluding hydrogens is 1270 g/mol. The van der Waals surface area contributed by atoms with Crippen LogP contribution in [-0.2, 0) is 65.4 Å². The van der Waals surface area contributed by atoms with E-state index >= 15 is 0 Å². The van der Waals surface area contributed by atoms with Crippen LogP contribution in [0.3, 0.4) is 0 Å². The summed E-state index contributed by atoms with van der Waals surface area (Å²) in [6.07, 6.45) is 55.8. The first-order chi connectivity index (χ1) is 46.7. The van der Waals surface area contributed by atoms with Crippen LogP contribution in [-0.4, -0.2) is 96.7 Å². The molecule has 17 nitrogen and oxygen atoms in total. The average molecular weight is 1420 g/mol. The van der Waals surface area contributed by atoms with Gasteiger partial charge in [0.05, 0.1) is 26.4 Å². The van der Waals surface area contributed by atoms with Gasteiger partial charge in [0, 0.05) is 25.7 Å². The summed E-state index contributed by atoms with van der Waals surface area (Å²) in [6, 6.07) is 0. The highest BCUT2D eigenvalue weighted by Gasteiger charge is 2.30. The third-order valence-corrected chi connectivity index (χ3v) is 20.0. The van der Waals surface area contributed by atoms with Crippen LogP contribution in [0.2, 0.25) is 0 Å². The summed E-state index contributed by atoms with van der Waals surface area (Å²) >= 11 is 0. The van der Waals surface area contributed by atoms with Gasteiger partial charge in [-0.1, -0.05) is 350 Å². The highest BCUT2D eigenvalue weighted by atomic mass is 31.2. The van der Waals surface area contributed by atoms with E-state index in [-0.39, 0.29) is 25.7 Å². The van der Waals surface area contributed by atoms with Gasteiger partial charge < -0.3 is 33.8 Å². The normalized spacial score (nSPS) is 14.0. The summed E-state index contributed by atoms with van der Waals surface area (Å²) in [4.78, 5) is 72.8. The molecule has 5 atom stereocenters. The number of hydrogen-bond acceptors (Lipinski definition) is 15. The minimum Gasteiger partial charge on any atom is -0.462 e. The number of unbranched alkanes of at least 4 members (excludes halogenated alkanes) is 44. The van der Waals surface area contributed by atoms with Gasteiger partial charge in [-0.05, 0) is 43.4 Å². The lowest BCUT2D eigenvalue weighted by atomic mass is 10.0. The van der Waals surface area contributed by atoms with Gasteiger partial charge >= 0.3 is 39.5 Å². The molecule has 0 heterocycles. The average Bonchev–Trinajstić information content (AvgIpc) is 1.19. The zero-order valence-corrected chi connectivity index (χ0v) is 65.3. The predicted octanol–water partition coefficient (Wildman–Crippen LogP) is 23.0. The van der Waals surface area contributed by atoms with Crippen molar-refractivity contribution < 1.29 is 80.2 Å². The van der Waals surface area contributed by atoms with Gasteiger partial charge in [0.2, 0.25) is 0 Å². The molecule has 0 saturated carbocycles. The Labute approximate surface area is 594 Å². The van der Waals surface area contributed by atoms with Crippen LogP contribution >= 0.6 is 15.6 Å². The van der Waals surface area contributed by atoms with E-state index in [1.165, 1.54) is 212 Å². The van der Waals surface area contributed by atoms with Gasteiger partial charge in [-0.25, -0.2) is 9.13 Å². The van der Waals surface area contributed by atoms with Gasteiger partial charge in [0.25, 0.3) is 0 Å². The molecule has 0 rings (SSSR count). The smallest absolute Gasteiger partial charge is 0.462 e. The molecule has 3 N–H and O–H groups in total. The standard InChI is InChI=1S/C78H152O17P2/c1-8-9-10-11-12-13-14-15-16-17-18-19-20-21-22-23-24-25-30-40-47-54-61-77(82)94-73(65-88-75(80)59-52-45-38-31-26-28-35-42-49-56-69(2)3)67-92-96(84,85)90-63-72(79)64-91-97(86,87)93-68-74(66-89-76(81)60-53-46-39-34-33-37-44-51-58-71(6)7)95-78(83)62-55-48-41-32-27-29-36-43-50-57-70(4)5/h69-74,79H,8-68H2,1-7H3,(H,84,85)(H,86,87)/t72-,73-,74-/m1/s1. The van der Waals surface area contributed by atoms with Crippen LogP contribution in [0.1, 0.15) is 402 Å². The molecule has 2 unspecified atom stereocenters. The lowest BCUT2D eigenvalue weighted by Crippen LogP contribution is -2.30. The molecule has 97 heavy (non-hydrogen) atoms. The molecule has 0 aromatic rings. The SMILES string of the molecule is CCCCCCCCCCCCCCCCCCCCCCCCC(=O)O[C@H](COC(=O)CCCCCCCCCCCC(C)C)COP(=O)(O)OC[C@@H](O)COP(=O)(O)OC[C@@H](COC(=O)CCCCCCCCCCC(C)C)OC(=O)CCCCCCCCCCCC(C)C. The number of aliphatic hydroxyl groups excluding tert-OH is 1. The molecule has 0 bridgehead atoms. The minimum absolute atomic E-state index is 0.105. The summed E-state index contributed by atoms with van der Waals surface area (Å²) < 4.78 is 68.6. The Bertz CT molecular complexity index is 1890. The summed E-state index contributed by atoms with van der Waals surface area (Å²) in [6.45, 7) is 11.8. The Morgan fingerprint density at radius 3 is 0.701 bits per heavy atom. The summed E-state index contributed by atoms with van der Waals surface area (Å²) in [5.41, 5.74) is 0. The maximum Gasteiger partial charge on any atom is 0.472 e. The summed E-state index contributed by atoms with van der Waals surface area (Å²) in [5.74, 6) is 0.0872. The van der Waals surface area contributed by atoms with Crippen LogP contribution in [0.15, 0.2) is 0 Å². The van der Waals surface area contributed by atoms with Crippen LogP contribution in [0.25, 0.3) is 0 Å². The molecule has 0 spiro atoms. The topological polar surface area (TPSA) is 237 Å². The monoisotopic (exact) mass is 1420 g/mol. The number of aliphatic hydroxyl groups is 1. The number of rotatable bonds is 76. The van der Waals surface area contributed by atoms with Crippen molar-refractivity contribution in [1.82, 2.24) is 0 Å².